The Labute approximate surface area is 106 Å². The van der Waals surface area contributed by atoms with Crippen molar-refractivity contribution in [3.05, 3.63) is 23.9 Å². The molecule has 1 aliphatic rings. The number of ether oxygens (including phenoxy) is 3. The van der Waals surface area contributed by atoms with Gasteiger partial charge in [-0.25, -0.2) is 4.98 Å². The van der Waals surface area contributed by atoms with Crippen molar-refractivity contribution < 1.29 is 19.0 Å². The highest BCUT2D eigenvalue weighted by molar-refractivity contribution is 5.93. The van der Waals surface area contributed by atoms with Gasteiger partial charge in [0.1, 0.15) is 0 Å². The van der Waals surface area contributed by atoms with Crippen molar-refractivity contribution in [2.45, 2.75) is 26.1 Å². The fourth-order valence-corrected chi connectivity index (χ4v) is 1.67. The van der Waals surface area contributed by atoms with Gasteiger partial charge in [-0.3, -0.25) is 4.79 Å². The molecule has 18 heavy (non-hydrogen) atoms. The van der Waals surface area contributed by atoms with Gasteiger partial charge in [-0.05, 0) is 19.4 Å². The van der Waals surface area contributed by atoms with Gasteiger partial charge in [-0.15, -0.1) is 0 Å². The maximum absolute atomic E-state index is 11.1. The number of aromatic nitrogens is 1. The van der Waals surface area contributed by atoms with Crippen molar-refractivity contribution in [3.8, 4) is 5.88 Å². The molecule has 0 N–H and O–H groups in total. The van der Waals surface area contributed by atoms with Gasteiger partial charge in [0.05, 0.1) is 19.8 Å². The van der Waals surface area contributed by atoms with Crippen LogP contribution in [0.4, 0.5) is 0 Å². The summed E-state index contributed by atoms with van der Waals surface area (Å²) < 4.78 is 16.1. The SMILES string of the molecule is CC(=O)c1ccc(OCCCC2OCCO2)nc1. The Morgan fingerprint density at radius 1 is 1.44 bits per heavy atom. The summed E-state index contributed by atoms with van der Waals surface area (Å²) in [7, 11) is 0. The minimum atomic E-state index is -0.0818. The lowest BCUT2D eigenvalue weighted by molar-refractivity contribution is -0.0493. The normalized spacial score (nSPS) is 15.8. The van der Waals surface area contributed by atoms with Crippen LogP contribution in [0.3, 0.4) is 0 Å². The van der Waals surface area contributed by atoms with Crippen LogP contribution in [0.15, 0.2) is 18.3 Å². The summed E-state index contributed by atoms with van der Waals surface area (Å²) in [4.78, 5) is 15.1. The first kappa shape index (κ1) is 13.0. The molecule has 1 aromatic rings. The molecule has 0 saturated carbocycles. The predicted molar refractivity (Wildman–Crippen MR) is 64.7 cm³/mol. The highest BCUT2D eigenvalue weighted by Gasteiger charge is 2.14. The molecule has 0 atom stereocenters. The molecule has 5 nitrogen and oxygen atoms in total. The topological polar surface area (TPSA) is 57.7 Å². The van der Waals surface area contributed by atoms with Gasteiger partial charge in [0, 0.05) is 24.2 Å². The molecule has 0 bridgehead atoms. The molecule has 0 unspecified atom stereocenters. The average molecular weight is 251 g/mol. The second kappa shape index (κ2) is 6.47. The Hall–Kier alpha value is -1.46. The van der Waals surface area contributed by atoms with Crippen molar-refractivity contribution in [3.63, 3.8) is 0 Å². The van der Waals surface area contributed by atoms with Crippen LogP contribution in [0.5, 0.6) is 5.88 Å². The molecule has 1 aliphatic heterocycles. The van der Waals surface area contributed by atoms with E-state index in [4.69, 9.17) is 14.2 Å². The second-order valence-electron chi connectivity index (χ2n) is 4.10. The summed E-state index contributed by atoms with van der Waals surface area (Å²) in [6.45, 7) is 3.44. The van der Waals surface area contributed by atoms with E-state index in [9.17, 15) is 4.79 Å². The van der Waals surface area contributed by atoms with Crippen LogP contribution >= 0.6 is 0 Å². The van der Waals surface area contributed by atoms with Gasteiger partial charge in [0.2, 0.25) is 5.88 Å². The minimum Gasteiger partial charge on any atom is -0.478 e. The zero-order chi connectivity index (χ0) is 12.8. The number of ketones is 1. The van der Waals surface area contributed by atoms with Crippen molar-refractivity contribution in [1.82, 2.24) is 4.98 Å². The molecular formula is C13H17NO4. The van der Waals surface area contributed by atoms with Crippen molar-refractivity contribution in [2.75, 3.05) is 19.8 Å². The third-order valence-electron chi connectivity index (χ3n) is 2.67. The molecule has 1 fully saturated rings. The maximum atomic E-state index is 11.1. The van der Waals surface area contributed by atoms with Gasteiger partial charge in [-0.2, -0.15) is 0 Å². The fraction of sp³-hybridized carbons (Fsp3) is 0.538. The van der Waals surface area contributed by atoms with Crippen LogP contribution in [-0.4, -0.2) is 36.9 Å². The van der Waals surface area contributed by atoms with E-state index in [-0.39, 0.29) is 12.1 Å². The second-order valence-corrected chi connectivity index (χ2v) is 4.10. The van der Waals surface area contributed by atoms with Gasteiger partial charge >= 0.3 is 0 Å². The number of carbonyl (C=O) groups excluding carboxylic acids is 1. The standard InChI is InChI=1S/C13H17NO4/c1-10(15)11-4-5-12(14-9-11)16-6-2-3-13-17-7-8-18-13/h4-5,9,13H,2-3,6-8H2,1H3. The smallest absolute Gasteiger partial charge is 0.213 e. The first-order valence-electron chi connectivity index (χ1n) is 6.09. The molecule has 98 valence electrons. The quantitative estimate of drug-likeness (QED) is 0.570. The summed E-state index contributed by atoms with van der Waals surface area (Å²) in [5.41, 5.74) is 0.593. The summed E-state index contributed by atoms with van der Waals surface area (Å²) in [5.74, 6) is 0.540. The first-order chi connectivity index (χ1) is 8.75. The van der Waals surface area contributed by atoms with E-state index in [0.29, 0.717) is 31.3 Å². The molecule has 0 radical (unpaired) electrons. The highest BCUT2D eigenvalue weighted by atomic mass is 16.7. The Morgan fingerprint density at radius 2 is 2.22 bits per heavy atom. The lowest BCUT2D eigenvalue weighted by atomic mass is 10.2. The van der Waals surface area contributed by atoms with Gasteiger partial charge in [0.25, 0.3) is 0 Å². The van der Waals surface area contributed by atoms with Gasteiger partial charge < -0.3 is 14.2 Å². The Bertz CT molecular complexity index is 384. The number of hydrogen-bond acceptors (Lipinski definition) is 5. The number of nitrogens with zero attached hydrogens (tertiary/aromatic N) is 1. The van der Waals surface area contributed by atoms with Crippen molar-refractivity contribution in [1.29, 1.82) is 0 Å². The van der Waals surface area contributed by atoms with E-state index in [1.807, 2.05) is 0 Å². The molecule has 1 aromatic heterocycles. The molecule has 0 amide bonds. The number of Topliss-reactive ketones (excluding diaryl/α,β-unsaturated/α-hetero) is 1. The molecule has 1 saturated heterocycles. The van der Waals surface area contributed by atoms with E-state index in [1.54, 1.807) is 12.1 Å². The van der Waals surface area contributed by atoms with E-state index in [2.05, 4.69) is 4.98 Å². The van der Waals surface area contributed by atoms with Crippen LogP contribution in [0, 0.1) is 0 Å². The molecular weight excluding hydrogens is 234 g/mol. The Balaban J connectivity index is 1.68. The van der Waals surface area contributed by atoms with E-state index in [1.165, 1.54) is 13.1 Å². The van der Waals surface area contributed by atoms with Crippen LogP contribution in [-0.2, 0) is 9.47 Å². The number of hydrogen-bond donors (Lipinski definition) is 0. The van der Waals surface area contributed by atoms with E-state index >= 15 is 0 Å². The average Bonchev–Trinajstić information content (AvgIpc) is 2.88. The van der Waals surface area contributed by atoms with E-state index in [0.717, 1.165) is 12.8 Å². The van der Waals surface area contributed by atoms with Crippen LogP contribution in [0.2, 0.25) is 0 Å². The largest absolute Gasteiger partial charge is 0.478 e. The van der Waals surface area contributed by atoms with Crippen LogP contribution in [0.25, 0.3) is 0 Å². The van der Waals surface area contributed by atoms with Crippen LogP contribution < -0.4 is 4.74 Å². The summed E-state index contributed by atoms with van der Waals surface area (Å²) in [6, 6.07) is 3.42. The highest BCUT2D eigenvalue weighted by Crippen LogP contribution is 2.12. The lowest BCUT2D eigenvalue weighted by Crippen LogP contribution is -2.10. The van der Waals surface area contributed by atoms with Gasteiger partial charge in [0.15, 0.2) is 12.1 Å². The monoisotopic (exact) mass is 251 g/mol. The third-order valence-corrected chi connectivity index (χ3v) is 2.67. The third kappa shape index (κ3) is 3.78. The van der Waals surface area contributed by atoms with Gasteiger partial charge in [-0.1, -0.05) is 0 Å². The number of rotatable bonds is 6. The number of carbonyl (C=O) groups is 1. The fourth-order valence-electron chi connectivity index (χ4n) is 1.67. The summed E-state index contributed by atoms with van der Waals surface area (Å²) >= 11 is 0. The molecule has 0 aliphatic carbocycles. The first-order valence-corrected chi connectivity index (χ1v) is 6.09. The lowest BCUT2D eigenvalue weighted by Gasteiger charge is -2.09. The molecule has 0 aromatic carbocycles. The Kier molecular flexibility index (Phi) is 4.66. The van der Waals surface area contributed by atoms with E-state index < -0.39 is 0 Å². The van der Waals surface area contributed by atoms with Crippen LogP contribution in [0.1, 0.15) is 30.1 Å². The molecule has 5 heteroatoms. The minimum absolute atomic E-state index is 0.00424. The zero-order valence-corrected chi connectivity index (χ0v) is 10.4. The summed E-state index contributed by atoms with van der Waals surface area (Å²) in [6.07, 6.45) is 3.12. The molecule has 2 rings (SSSR count). The predicted octanol–water partition coefficient (Wildman–Crippen LogP) is 1.82. The molecule has 2 heterocycles. The van der Waals surface area contributed by atoms with Crippen molar-refractivity contribution >= 4 is 5.78 Å². The maximum Gasteiger partial charge on any atom is 0.213 e. The molecule has 0 spiro atoms. The summed E-state index contributed by atoms with van der Waals surface area (Å²) in [5, 5.41) is 0. The zero-order valence-electron chi connectivity index (χ0n) is 10.4. The number of pyridine rings is 1. The van der Waals surface area contributed by atoms with Crippen molar-refractivity contribution in [2.24, 2.45) is 0 Å². The Morgan fingerprint density at radius 3 is 2.83 bits per heavy atom.